The van der Waals surface area contributed by atoms with E-state index < -0.39 is 118 Å². The molecule has 3 aliphatic heterocycles. The summed E-state index contributed by atoms with van der Waals surface area (Å²) in [5.74, 6) is -4.58. The van der Waals surface area contributed by atoms with Gasteiger partial charge in [-0.1, -0.05) is 32.9 Å². The van der Waals surface area contributed by atoms with E-state index in [1.807, 2.05) is 55.6 Å². The first-order chi connectivity index (χ1) is 30.1. The number of aliphatic hydroxyl groups is 2. The van der Waals surface area contributed by atoms with Crippen LogP contribution in [0.25, 0.3) is 0 Å². The van der Waals surface area contributed by atoms with Gasteiger partial charge in [-0.3, -0.25) is 4.79 Å². The van der Waals surface area contributed by atoms with E-state index in [9.17, 15) is 15.0 Å². The molecule has 0 bridgehead atoms. The third-order valence-electron chi connectivity index (χ3n) is 14.1. The van der Waals surface area contributed by atoms with Gasteiger partial charge < -0.3 is 66.7 Å². The molecule has 0 aromatic rings. The second kappa shape index (κ2) is 23.0. The number of ether oxygens (including phenoxy) is 8. The molecule has 0 saturated carbocycles. The minimum atomic E-state index is -2.19. The molecule has 0 radical (unpaired) electrons. The predicted molar refractivity (Wildman–Crippen MR) is 260 cm³/mol. The van der Waals surface area contributed by atoms with Crippen LogP contribution >= 0.6 is 0 Å². The molecule has 0 spiro atoms. The molecule has 0 aromatic carbocycles. The van der Waals surface area contributed by atoms with Crippen LogP contribution in [0.1, 0.15) is 109 Å². The Morgan fingerprint density at radius 2 is 1.38 bits per heavy atom. The van der Waals surface area contributed by atoms with Crippen molar-refractivity contribution in [2.24, 2.45) is 28.8 Å². The third-order valence-corrected chi connectivity index (χ3v) is 16.0. The second-order valence-electron chi connectivity index (χ2n) is 22.9. The van der Waals surface area contributed by atoms with Crippen LogP contribution in [0, 0.1) is 23.7 Å². The molecule has 16 nitrogen and oxygen atoms in total. The van der Waals surface area contributed by atoms with Crippen molar-refractivity contribution in [3.63, 3.8) is 0 Å². The Balaban J connectivity index is 2.39. The van der Waals surface area contributed by atoms with E-state index in [1.54, 1.807) is 48.8 Å². The van der Waals surface area contributed by atoms with Crippen LogP contribution < -0.4 is 0 Å². The van der Waals surface area contributed by atoms with Gasteiger partial charge in [0.1, 0.15) is 17.8 Å². The number of hydrogen-bond donors (Lipinski definition) is 2. The molecule has 18 heteroatoms. The zero-order valence-corrected chi connectivity index (χ0v) is 47.2. The van der Waals surface area contributed by atoms with Crippen LogP contribution in [0.5, 0.6) is 0 Å². The second-order valence-corrected chi connectivity index (χ2v) is 31.8. The molecule has 66 heavy (non-hydrogen) atoms. The average Bonchev–Trinajstić information content (AvgIpc) is 3.20. The number of carbonyl (C=O) groups excluding carboxylic acids is 1. The molecule has 3 aliphatic rings. The molecule has 0 aromatic heterocycles. The normalized spacial score (nSPS) is 42.5. The Kier molecular flexibility index (Phi) is 20.6. The number of aliphatic hydroxyl groups excluding tert-OH is 1. The van der Waals surface area contributed by atoms with Gasteiger partial charge in [-0.25, -0.2) is 0 Å². The number of hydrogen-bond acceptors (Lipinski definition) is 16. The van der Waals surface area contributed by atoms with Crippen molar-refractivity contribution < 1.29 is 66.6 Å². The summed E-state index contributed by atoms with van der Waals surface area (Å²) in [4.78, 5) is 23.0. The number of carbonyl (C=O) groups is 1. The van der Waals surface area contributed by atoms with Gasteiger partial charge in [-0.05, 0) is 114 Å². The molecular formula is C48H94N2O14Si2. The number of likely N-dealkylation sites (N-methyl/N-ethyl adjacent to an activating group) is 1. The highest BCUT2D eigenvalue weighted by molar-refractivity contribution is 6.70. The maximum Gasteiger partial charge on any atom is 0.311 e. The summed E-state index contributed by atoms with van der Waals surface area (Å²) >= 11 is 0. The van der Waals surface area contributed by atoms with E-state index in [2.05, 4.69) is 49.3 Å². The molecule has 3 heterocycles. The molecule has 0 unspecified atom stereocenters. The summed E-state index contributed by atoms with van der Waals surface area (Å²) in [7, 11) is 4.68. The monoisotopic (exact) mass is 979 g/mol. The largest absolute Gasteiger partial charge is 0.459 e. The zero-order chi connectivity index (χ0) is 50.7. The fraction of sp³-hybridized carbons (Fsp3) is 0.958. The van der Waals surface area contributed by atoms with Crippen molar-refractivity contribution in [1.29, 1.82) is 0 Å². The van der Waals surface area contributed by atoms with Gasteiger partial charge in [0.15, 0.2) is 29.2 Å². The molecular weight excluding hydrogens is 885 g/mol. The number of nitrogens with zero attached hydrogens (tertiary/aromatic N) is 2. The number of oxime groups is 1. The van der Waals surface area contributed by atoms with Gasteiger partial charge in [0.2, 0.25) is 5.79 Å². The van der Waals surface area contributed by atoms with E-state index in [4.69, 9.17) is 51.6 Å². The Labute approximate surface area is 400 Å². The molecule has 0 amide bonds. The zero-order valence-electron chi connectivity index (χ0n) is 45.2. The number of rotatable bonds is 15. The van der Waals surface area contributed by atoms with Gasteiger partial charge in [-0.15, -0.1) is 0 Å². The minimum absolute atomic E-state index is 0.0377. The summed E-state index contributed by atoms with van der Waals surface area (Å²) in [6, 6.07) is -0.0377. The van der Waals surface area contributed by atoms with Crippen molar-refractivity contribution >= 4 is 28.3 Å². The summed E-state index contributed by atoms with van der Waals surface area (Å²) in [6.07, 6.45) is -5.99. The standard InChI is InChI=1S/C48H94N2O14Si2/c1-24-35-48(12,53)40(51)30(4)37(49-64-45(8,9)54-15)28(2)26-46(10,55-16)41(61-44-39(62-65(18,19)20)34(50(13)14)25-29(3)57-44)31(5)38(32(6)43(52)59-35)60-36-27-47(11,56-17)42(33(7)58-36)63-66(21,22)23/h28-36,38-42,44,51,53H,24-27H2,1-23H3/b49-37+/t28-,29-,30+,31+,32-,33+,34+,35-,36+,38+,39-,40-,41-,42+,44+,46-,47-,48-/m1/s1. The fourth-order valence-corrected chi connectivity index (χ4v) is 12.4. The minimum Gasteiger partial charge on any atom is -0.459 e. The quantitative estimate of drug-likeness (QED) is 0.0721. The first-order valence-electron chi connectivity index (χ1n) is 24.3. The summed E-state index contributed by atoms with van der Waals surface area (Å²) in [6.45, 7) is 35.1. The van der Waals surface area contributed by atoms with Crippen LogP contribution in [0.2, 0.25) is 39.3 Å². The topological polar surface area (TPSA) is 175 Å². The Bertz CT molecular complexity index is 1580. The molecule has 3 rings (SSSR count). The lowest BCUT2D eigenvalue weighted by Crippen LogP contribution is -2.63. The molecule has 2 N–H and O–H groups in total. The van der Waals surface area contributed by atoms with Gasteiger partial charge >= 0.3 is 5.97 Å². The van der Waals surface area contributed by atoms with Crippen molar-refractivity contribution in [1.82, 2.24) is 4.90 Å². The highest BCUT2D eigenvalue weighted by atomic mass is 28.4. The van der Waals surface area contributed by atoms with Crippen LogP contribution in [0.3, 0.4) is 0 Å². The van der Waals surface area contributed by atoms with E-state index in [-0.39, 0.29) is 31.1 Å². The van der Waals surface area contributed by atoms with E-state index in [0.29, 0.717) is 12.1 Å². The third kappa shape index (κ3) is 14.7. The highest BCUT2D eigenvalue weighted by Crippen LogP contribution is 2.43. The van der Waals surface area contributed by atoms with Crippen molar-refractivity contribution in [3.8, 4) is 0 Å². The van der Waals surface area contributed by atoms with Crippen LogP contribution in [0.4, 0.5) is 0 Å². The lowest BCUT2D eigenvalue weighted by atomic mass is 9.73. The van der Waals surface area contributed by atoms with Gasteiger partial charge in [-0.2, -0.15) is 0 Å². The first-order valence-corrected chi connectivity index (χ1v) is 31.1. The Morgan fingerprint density at radius 1 is 0.818 bits per heavy atom. The van der Waals surface area contributed by atoms with Crippen LogP contribution in [-0.2, 0) is 56.4 Å². The number of cyclic esters (lactones) is 1. The van der Waals surface area contributed by atoms with Crippen LogP contribution in [0.15, 0.2) is 5.16 Å². The highest BCUT2D eigenvalue weighted by Gasteiger charge is 2.55. The number of methoxy groups -OCH3 is 3. The van der Waals surface area contributed by atoms with Crippen molar-refractivity contribution in [2.75, 3.05) is 35.4 Å². The lowest BCUT2D eigenvalue weighted by Gasteiger charge is -2.51. The van der Waals surface area contributed by atoms with Gasteiger partial charge in [0.05, 0.1) is 59.5 Å². The lowest BCUT2D eigenvalue weighted by molar-refractivity contribution is -0.316. The van der Waals surface area contributed by atoms with Crippen molar-refractivity contribution in [3.05, 3.63) is 0 Å². The predicted octanol–water partition coefficient (Wildman–Crippen LogP) is 7.34. The van der Waals surface area contributed by atoms with E-state index >= 15 is 0 Å². The summed E-state index contributed by atoms with van der Waals surface area (Å²) in [5, 5.41) is 29.1. The average molecular weight is 979 g/mol. The molecule has 0 aliphatic carbocycles. The molecule has 388 valence electrons. The molecule has 3 saturated heterocycles. The van der Waals surface area contributed by atoms with Crippen molar-refractivity contribution in [2.45, 2.75) is 238 Å². The summed E-state index contributed by atoms with van der Waals surface area (Å²) < 4.78 is 66.4. The number of esters is 1. The SMILES string of the molecule is CC[C@H]1OC(=O)[C@H](C)[C@@H](O[C@H]2C[C@@](C)(OC)[C@@H](O[Si](C)(C)C)[C@H](C)O2)[C@H](C)[C@@H](O[C@@H]2O[C@H](C)C[C@H](N(C)C)[C@H]2O[Si](C)(C)C)[C@](C)(OC)C[C@@H](C)/C(=N\OC(C)(C)OC)[C@H](C)[C@@H](O)[C@]1(C)O. The smallest absolute Gasteiger partial charge is 0.311 e. The summed E-state index contributed by atoms with van der Waals surface area (Å²) in [5.41, 5.74) is -3.44. The van der Waals surface area contributed by atoms with Gasteiger partial charge in [0, 0.05) is 65.4 Å². The first kappa shape index (κ1) is 59.2. The van der Waals surface area contributed by atoms with E-state index in [0.717, 1.165) is 6.42 Å². The van der Waals surface area contributed by atoms with E-state index in [1.165, 1.54) is 14.0 Å². The fourth-order valence-electron chi connectivity index (χ4n) is 10.1. The maximum absolute atomic E-state index is 14.8. The maximum atomic E-state index is 14.8. The van der Waals surface area contributed by atoms with Gasteiger partial charge in [0.25, 0.3) is 0 Å². The molecule has 3 fully saturated rings. The van der Waals surface area contributed by atoms with Crippen LogP contribution in [-0.4, -0.2) is 169 Å². The Morgan fingerprint density at radius 3 is 1.88 bits per heavy atom. The Hall–Kier alpha value is -1.11. The molecule has 18 atom stereocenters.